The van der Waals surface area contributed by atoms with Crippen LogP contribution in [0.3, 0.4) is 0 Å². The Morgan fingerprint density at radius 3 is 2.73 bits per heavy atom. The summed E-state index contributed by atoms with van der Waals surface area (Å²) in [6.45, 7) is 8.73. The fourth-order valence-electron chi connectivity index (χ4n) is 3.11. The van der Waals surface area contributed by atoms with Gasteiger partial charge < -0.3 is 19.5 Å². The molecular weight excluding hydrogens is 282 g/mol. The van der Waals surface area contributed by atoms with Crippen molar-refractivity contribution in [2.45, 2.75) is 58.7 Å². The highest BCUT2D eigenvalue weighted by molar-refractivity contribution is 5.74. The van der Waals surface area contributed by atoms with Crippen LogP contribution in [0.2, 0.25) is 0 Å². The predicted molar refractivity (Wildman–Crippen MR) is 83.5 cm³/mol. The summed E-state index contributed by atoms with van der Waals surface area (Å²) in [5.74, 6) is 0.674. The molecule has 1 aromatic heterocycles. The van der Waals surface area contributed by atoms with Crippen molar-refractivity contribution < 1.29 is 14.1 Å². The Morgan fingerprint density at radius 2 is 2.23 bits per heavy atom. The second kappa shape index (κ2) is 5.91. The molecule has 1 saturated carbocycles. The van der Waals surface area contributed by atoms with Gasteiger partial charge in [-0.25, -0.2) is 4.79 Å². The zero-order chi connectivity index (χ0) is 16.5. The third kappa shape index (κ3) is 2.72. The summed E-state index contributed by atoms with van der Waals surface area (Å²) in [7, 11) is 3.56. The summed E-state index contributed by atoms with van der Waals surface area (Å²) in [5.41, 5.74) is 0.622. The van der Waals surface area contributed by atoms with E-state index < -0.39 is 0 Å². The summed E-state index contributed by atoms with van der Waals surface area (Å²) in [6, 6.07) is 1.92. The first kappa shape index (κ1) is 16.8. The molecule has 0 aromatic carbocycles. The molecule has 1 aliphatic rings. The number of rotatable bonds is 5. The maximum Gasteiger partial charge on any atom is 0.317 e. The SMILES string of the molecule is CCc1cc(CNC(=O)N(C)[C@@H]2C[C@](C)(OC)C2(C)C)on1. The lowest BCUT2D eigenvalue weighted by Crippen LogP contribution is -2.69. The minimum absolute atomic E-state index is 0.0878. The van der Waals surface area contributed by atoms with Gasteiger partial charge in [0.25, 0.3) is 0 Å². The van der Waals surface area contributed by atoms with E-state index in [-0.39, 0.29) is 23.1 Å². The Bertz CT molecular complexity index is 540. The van der Waals surface area contributed by atoms with E-state index in [4.69, 9.17) is 9.26 Å². The first-order valence-electron chi connectivity index (χ1n) is 7.75. The smallest absolute Gasteiger partial charge is 0.317 e. The zero-order valence-corrected chi connectivity index (χ0v) is 14.4. The third-order valence-electron chi connectivity index (χ3n) is 5.40. The van der Waals surface area contributed by atoms with Crippen LogP contribution in [0.25, 0.3) is 0 Å². The average molecular weight is 309 g/mol. The second-order valence-corrected chi connectivity index (χ2v) is 6.78. The van der Waals surface area contributed by atoms with Gasteiger partial charge in [0.05, 0.1) is 17.8 Å². The number of aromatic nitrogens is 1. The van der Waals surface area contributed by atoms with Crippen molar-refractivity contribution in [2.75, 3.05) is 14.2 Å². The maximum atomic E-state index is 12.3. The van der Waals surface area contributed by atoms with Crippen LogP contribution in [-0.4, -0.2) is 41.9 Å². The number of amides is 2. The standard InChI is InChI=1S/C16H27N3O3/c1-7-11-8-12(22-18-11)10-17-14(20)19(5)13-9-16(4,21-6)15(13,2)3/h8,13H,7,9-10H2,1-6H3,(H,17,20)/t13-,16+/m1/s1. The number of aryl methyl sites for hydroxylation is 1. The molecular formula is C16H27N3O3. The predicted octanol–water partition coefficient (Wildman–Crippen LogP) is 2.58. The van der Waals surface area contributed by atoms with Gasteiger partial charge in [0.1, 0.15) is 0 Å². The van der Waals surface area contributed by atoms with E-state index >= 15 is 0 Å². The van der Waals surface area contributed by atoms with E-state index in [2.05, 4.69) is 31.2 Å². The van der Waals surface area contributed by atoms with Crippen LogP contribution < -0.4 is 5.32 Å². The van der Waals surface area contributed by atoms with E-state index in [1.54, 1.807) is 12.0 Å². The van der Waals surface area contributed by atoms with Crippen molar-refractivity contribution in [2.24, 2.45) is 5.41 Å². The van der Waals surface area contributed by atoms with Crippen LogP contribution in [0.5, 0.6) is 0 Å². The van der Waals surface area contributed by atoms with E-state index in [0.717, 1.165) is 18.5 Å². The van der Waals surface area contributed by atoms with Crippen molar-refractivity contribution in [3.05, 3.63) is 17.5 Å². The van der Waals surface area contributed by atoms with Crippen LogP contribution >= 0.6 is 0 Å². The Kier molecular flexibility index (Phi) is 4.52. The molecule has 1 heterocycles. The molecule has 1 fully saturated rings. The van der Waals surface area contributed by atoms with Gasteiger partial charge in [-0.05, 0) is 19.8 Å². The fourth-order valence-corrected chi connectivity index (χ4v) is 3.11. The first-order valence-corrected chi connectivity index (χ1v) is 7.75. The topological polar surface area (TPSA) is 67.6 Å². The van der Waals surface area contributed by atoms with Crippen LogP contribution in [0.15, 0.2) is 10.6 Å². The molecule has 2 rings (SSSR count). The van der Waals surface area contributed by atoms with Gasteiger partial charge in [0.2, 0.25) is 0 Å². The van der Waals surface area contributed by atoms with Gasteiger partial charge in [-0.1, -0.05) is 25.9 Å². The molecule has 0 radical (unpaired) electrons. The van der Waals surface area contributed by atoms with Crippen LogP contribution in [-0.2, 0) is 17.7 Å². The number of nitrogens with zero attached hydrogens (tertiary/aromatic N) is 2. The monoisotopic (exact) mass is 309 g/mol. The molecule has 2 amide bonds. The summed E-state index contributed by atoms with van der Waals surface area (Å²) < 4.78 is 10.8. The van der Waals surface area contributed by atoms with Crippen molar-refractivity contribution in [3.63, 3.8) is 0 Å². The highest BCUT2D eigenvalue weighted by Crippen LogP contribution is 2.53. The van der Waals surface area contributed by atoms with E-state index in [1.165, 1.54) is 0 Å². The molecule has 1 N–H and O–H groups in total. The molecule has 22 heavy (non-hydrogen) atoms. The van der Waals surface area contributed by atoms with E-state index in [9.17, 15) is 4.79 Å². The lowest BCUT2D eigenvalue weighted by molar-refractivity contribution is -0.198. The van der Waals surface area contributed by atoms with Gasteiger partial charge in [-0.2, -0.15) is 0 Å². The minimum Gasteiger partial charge on any atom is -0.378 e. The molecule has 0 saturated heterocycles. The number of methoxy groups -OCH3 is 1. The van der Waals surface area contributed by atoms with Crippen molar-refractivity contribution in [3.8, 4) is 0 Å². The number of hydrogen-bond acceptors (Lipinski definition) is 4. The summed E-state index contributed by atoms with van der Waals surface area (Å²) >= 11 is 0. The Morgan fingerprint density at radius 1 is 1.55 bits per heavy atom. The van der Waals surface area contributed by atoms with Gasteiger partial charge in [0, 0.05) is 31.7 Å². The Labute approximate surface area is 132 Å². The molecule has 1 aliphatic carbocycles. The van der Waals surface area contributed by atoms with Gasteiger partial charge in [-0.3, -0.25) is 0 Å². The van der Waals surface area contributed by atoms with Crippen molar-refractivity contribution >= 4 is 6.03 Å². The van der Waals surface area contributed by atoms with Crippen LogP contribution in [0.4, 0.5) is 4.79 Å². The maximum absolute atomic E-state index is 12.3. The molecule has 6 nitrogen and oxygen atoms in total. The fraction of sp³-hybridized carbons (Fsp3) is 0.750. The van der Waals surface area contributed by atoms with E-state index in [0.29, 0.717) is 12.3 Å². The summed E-state index contributed by atoms with van der Waals surface area (Å²) in [5, 5.41) is 6.80. The zero-order valence-electron chi connectivity index (χ0n) is 14.4. The summed E-state index contributed by atoms with van der Waals surface area (Å²) in [4.78, 5) is 14.1. The lowest BCUT2D eigenvalue weighted by Gasteiger charge is -2.61. The number of ether oxygens (including phenoxy) is 1. The third-order valence-corrected chi connectivity index (χ3v) is 5.40. The summed E-state index contributed by atoms with van der Waals surface area (Å²) in [6.07, 6.45) is 1.66. The van der Waals surface area contributed by atoms with Gasteiger partial charge in [0.15, 0.2) is 5.76 Å². The largest absolute Gasteiger partial charge is 0.378 e. The second-order valence-electron chi connectivity index (χ2n) is 6.78. The number of carbonyl (C=O) groups excluding carboxylic acids is 1. The van der Waals surface area contributed by atoms with Crippen molar-refractivity contribution in [1.29, 1.82) is 0 Å². The average Bonchev–Trinajstić information content (AvgIpc) is 2.97. The quantitative estimate of drug-likeness (QED) is 0.908. The number of hydrogen-bond donors (Lipinski definition) is 1. The Balaban J connectivity index is 1.90. The lowest BCUT2D eigenvalue weighted by atomic mass is 9.55. The normalized spacial score (nSPS) is 26.4. The molecule has 2 atom stereocenters. The molecule has 124 valence electrons. The minimum atomic E-state index is -0.187. The molecule has 6 heteroatoms. The number of urea groups is 1. The highest BCUT2D eigenvalue weighted by atomic mass is 16.5. The van der Waals surface area contributed by atoms with Crippen molar-refractivity contribution in [1.82, 2.24) is 15.4 Å². The molecule has 0 bridgehead atoms. The highest BCUT2D eigenvalue weighted by Gasteiger charge is 2.59. The van der Waals surface area contributed by atoms with Crippen LogP contribution in [0.1, 0.15) is 45.6 Å². The molecule has 0 spiro atoms. The number of carbonyl (C=O) groups is 1. The number of nitrogens with one attached hydrogen (secondary N) is 1. The van der Waals surface area contributed by atoms with Gasteiger partial charge in [-0.15, -0.1) is 0 Å². The van der Waals surface area contributed by atoms with E-state index in [1.807, 2.05) is 20.0 Å². The molecule has 0 aliphatic heterocycles. The van der Waals surface area contributed by atoms with Crippen LogP contribution in [0, 0.1) is 5.41 Å². The van der Waals surface area contributed by atoms with Gasteiger partial charge >= 0.3 is 6.03 Å². The molecule has 1 aromatic rings. The molecule has 0 unspecified atom stereocenters. The Hall–Kier alpha value is -1.56. The first-order chi connectivity index (χ1) is 10.2.